The number of nitrogens with one attached hydrogen (secondary N) is 1. The predicted molar refractivity (Wildman–Crippen MR) is 55.5 cm³/mol. The molecule has 0 aliphatic carbocycles. The number of fused-ring (bicyclic) bond motifs is 1. The summed E-state index contributed by atoms with van der Waals surface area (Å²) >= 11 is 0. The van der Waals surface area contributed by atoms with Crippen molar-refractivity contribution in [3.8, 4) is 0 Å². The fourth-order valence-electron chi connectivity index (χ4n) is 1.45. The van der Waals surface area contributed by atoms with Crippen LogP contribution in [0.25, 0.3) is 10.9 Å². The molecule has 1 heterocycles. The number of benzene rings is 1. The van der Waals surface area contributed by atoms with E-state index in [0.29, 0.717) is 0 Å². The summed E-state index contributed by atoms with van der Waals surface area (Å²) in [7, 11) is 0. The van der Waals surface area contributed by atoms with Gasteiger partial charge in [-0.15, -0.1) is 0 Å². The fraction of sp³-hybridized carbons (Fsp3) is 0.182. The summed E-state index contributed by atoms with van der Waals surface area (Å²) in [6.45, 7) is 1.25. The van der Waals surface area contributed by atoms with Gasteiger partial charge in [0.25, 0.3) is 0 Å². The molecule has 0 aliphatic rings. The molecule has 0 spiro atoms. The molecule has 1 aromatic heterocycles. The molecule has 0 bridgehead atoms. The molecule has 0 amide bonds. The van der Waals surface area contributed by atoms with Crippen LogP contribution >= 0.6 is 0 Å². The van der Waals surface area contributed by atoms with Crippen LogP contribution in [0.5, 0.6) is 0 Å². The number of rotatable bonds is 2. The van der Waals surface area contributed by atoms with Gasteiger partial charge in [0, 0.05) is 5.52 Å². The van der Waals surface area contributed by atoms with E-state index in [4.69, 9.17) is 5.11 Å². The van der Waals surface area contributed by atoms with E-state index in [1.54, 1.807) is 6.07 Å². The van der Waals surface area contributed by atoms with Gasteiger partial charge in [-0.2, -0.15) is 0 Å². The number of para-hydroxylation sites is 1. The average Bonchev–Trinajstić information content (AvgIpc) is 2.61. The van der Waals surface area contributed by atoms with Crippen molar-refractivity contribution < 1.29 is 15.0 Å². The normalized spacial score (nSPS) is 15.1. The third kappa shape index (κ3) is 1.49. The minimum absolute atomic E-state index is 0.288. The van der Waals surface area contributed by atoms with E-state index in [9.17, 15) is 9.90 Å². The molecule has 1 aromatic carbocycles. The Morgan fingerprint density at radius 2 is 2.07 bits per heavy atom. The van der Waals surface area contributed by atoms with Crippen molar-refractivity contribution in [3.05, 3.63) is 36.0 Å². The van der Waals surface area contributed by atoms with Crippen molar-refractivity contribution in [2.45, 2.75) is 12.5 Å². The van der Waals surface area contributed by atoms with E-state index in [-0.39, 0.29) is 5.69 Å². The molecular formula is C11H11NO3. The third-order valence-electron chi connectivity index (χ3n) is 2.47. The maximum Gasteiger partial charge on any atom is 0.341 e. The van der Waals surface area contributed by atoms with Gasteiger partial charge in [0.1, 0.15) is 0 Å². The Hall–Kier alpha value is -1.81. The van der Waals surface area contributed by atoms with Gasteiger partial charge >= 0.3 is 5.97 Å². The number of carboxylic acids is 1. The van der Waals surface area contributed by atoms with Crippen molar-refractivity contribution in [1.29, 1.82) is 0 Å². The van der Waals surface area contributed by atoms with Crippen LogP contribution in [0.1, 0.15) is 12.6 Å². The first-order chi connectivity index (χ1) is 7.01. The standard InChI is InChI=1S/C11H11NO3/c1-11(15,10(13)14)9-6-7-4-2-3-5-8(7)12-9/h2-6,12,15H,1H3,(H,13,14). The van der Waals surface area contributed by atoms with E-state index >= 15 is 0 Å². The monoisotopic (exact) mass is 205 g/mol. The lowest BCUT2D eigenvalue weighted by molar-refractivity contribution is -0.157. The van der Waals surface area contributed by atoms with Crippen LogP contribution in [0.15, 0.2) is 30.3 Å². The number of aliphatic carboxylic acids is 1. The van der Waals surface area contributed by atoms with E-state index in [2.05, 4.69) is 4.98 Å². The SMILES string of the molecule is CC(O)(C(=O)O)c1cc2ccccc2[nH]1. The lowest BCUT2D eigenvalue weighted by atomic mass is 10.0. The molecule has 4 nitrogen and oxygen atoms in total. The molecule has 2 aromatic rings. The van der Waals surface area contributed by atoms with Crippen LogP contribution in [0, 0.1) is 0 Å². The topological polar surface area (TPSA) is 73.3 Å². The van der Waals surface area contributed by atoms with Gasteiger partial charge < -0.3 is 15.2 Å². The Kier molecular flexibility index (Phi) is 2.01. The number of aliphatic hydroxyl groups is 1. The van der Waals surface area contributed by atoms with E-state index < -0.39 is 11.6 Å². The zero-order valence-electron chi connectivity index (χ0n) is 8.19. The Labute approximate surface area is 86.2 Å². The van der Waals surface area contributed by atoms with Gasteiger partial charge in [0.15, 0.2) is 5.60 Å². The second kappa shape index (κ2) is 3.10. The maximum absolute atomic E-state index is 10.8. The molecule has 0 saturated carbocycles. The third-order valence-corrected chi connectivity index (χ3v) is 2.47. The quantitative estimate of drug-likeness (QED) is 0.694. The van der Waals surface area contributed by atoms with Gasteiger partial charge in [-0.1, -0.05) is 18.2 Å². The molecule has 0 radical (unpaired) electrons. The lowest BCUT2D eigenvalue weighted by Crippen LogP contribution is -2.32. The molecule has 3 N–H and O–H groups in total. The lowest BCUT2D eigenvalue weighted by Gasteiger charge is -2.15. The minimum atomic E-state index is -1.88. The number of hydrogen-bond acceptors (Lipinski definition) is 2. The number of H-pyrrole nitrogens is 1. The minimum Gasteiger partial charge on any atom is -0.479 e. The van der Waals surface area contributed by atoms with Gasteiger partial charge in [0.2, 0.25) is 0 Å². The zero-order chi connectivity index (χ0) is 11.1. The molecule has 1 atom stereocenters. The van der Waals surface area contributed by atoms with E-state index in [1.807, 2.05) is 24.3 Å². The molecule has 0 fully saturated rings. The number of aromatic amines is 1. The first-order valence-electron chi connectivity index (χ1n) is 4.56. The van der Waals surface area contributed by atoms with Crippen molar-refractivity contribution in [1.82, 2.24) is 4.98 Å². The highest BCUT2D eigenvalue weighted by Gasteiger charge is 2.33. The Balaban J connectivity index is 2.58. The molecular weight excluding hydrogens is 194 g/mol. The molecule has 78 valence electrons. The largest absolute Gasteiger partial charge is 0.479 e. The summed E-state index contributed by atoms with van der Waals surface area (Å²) in [6, 6.07) is 9.03. The van der Waals surface area contributed by atoms with Gasteiger partial charge in [-0.25, -0.2) is 4.79 Å². The predicted octanol–water partition coefficient (Wildman–Crippen LogP) is 1.46. The van der Waals surface area contributed by atoms with Crippen molar-refractivity contribution in [2.75, 3.05) is 0 Å². The van der Waals surface area contributed by atoms with Gasteiger partial charge in [-0.05, 0) is 24.4 Å². The van der Waals surface area contributed by atoms with Crippen LogP contribution in [-0.4, -0.2) is 21.2 Å². The van der Waals surface area contributed by atoms with Gasteiger partial charge in [0.05, 0.1) is 5.69 Å². The Morgan fingerprint density at radius 3 is 2.67 bits per heavy atom. The number of aromatic nitrogens is 1. The highest BCUT2D eigenvalue weighted by Crippen LogP contribution is 2.24. The van der Waals surface area contributed by atoms with Crippen LogP contribution < -0.4 is 0 Å². The van der Waals surface area contributed by atoms with E-state index in [0.717, 1.165) is 10.9 Å². The van der Waals surface area contributed by atoms with Crippen molar-refractivity contribution >= 4 is 16.9 Å². The molecule has 0 aliphatic heterocycles. The highest BCUT2D eigenvalue weighted by molar-refractivity contribution is 5.84. The summed E-state index contributed by atoms with van der Waals surface area (Å²) in [4.78, 5) is 13.7. The van der Waals surface area contributed by atoms with Crippen molar-refractivity contribution in [3.63, 3.8) is 0 Å². The van der Waals surface area contributed by atoms with Crippen LogP contribution in [0.2, 0.25) is 0 Å². The summed E-state index contributed by atoms with van der Waals surface area (Å²) in [5.41, 5.74) is -0.774. The second-order valence-corrected chi connectivity index (χ2v) is 3.65. The van der Waals surface area contributed by atoms with Crippen LogP contribution in [-0.2, 0) is 10.4 Å². The first kappa shape index (κ1) is 9.73. The van der Waals surface area contributed by atoms with E-state index in [1.165, 1.54) is 6.92 Å². The van der Waals surface area contributed by atoms with Crippen LogP contribution in [0.4, 0.5) is 0 Å². The number of carboxylic acid groups (broad SMARTS) is 1. The summed E-state index contributed by atoms with van der Waals surface area (Å²) in [5.74, 6) is -1.27. The fourth-order valence-corrected chi connectivity index (χ4v) is 1.45. The number of carbonyl (C=O) groups is 1. The summed E-state index contributed by atoms with van der Waals surface area (Å²) < 4.78 is 0. The highest BCUT2D eigenvalue weighted by atomic mass is 16.4. The van der Waals surface area contributed by atoms with Crippen LogP contribution in [0.3, 0.4) is 0 Å². The smallest absolute Gasteiger partial charge is 0.341 e. The summed E-state index contributed by atoms with van der Waals surface area (Å²) in [5, 5.41) is 19.5. The summed E-state index contributed by atoms with van der Waals surface area (Å²) in [6.07, 6.45) is 0. The second-order valence-electron chi connectivity index (χ2n) is 3.65. The average molecular weight is 205 g/mol. The zero-order valence-corrected chi connectivity index (χ0v) is 8.19. The molecule has 1 unspecified atom stereocenters. The first-order valence-corrected chi connectivity index (χ1v) is 4.56. The maximum atomic E-state index is 10.8. The number of hydrogen-bond donors (Lipinski definition) is 3. The Morgan fingerprint density at radius 1 is 1.40 bits per heavy atom. The van der Waals surface area contributed by atoms with Crippen molar-refractivity contribution in [2.24, 2.45) is 0 Å². The molecule has 0 saturated heterocycles. The molecule has 4 heteroatoms. The Bertz CT molecular complexity index is 480. The molecule has 15 heavy (non-hydrogen) atoms. The van der Waals surface area contributed by atoms with Gasteiger partial charge in [-0.3, -0.25) is 0 Å². The molecule has 2 rings (SSSR count).